The summed E-state index contributed by atoms with van der Waals surface area (Å²) in [5.74, 6) is 0.319. The maximum Gasteiger partial charge on any atom is 0.251 e. The summed E-state index contributed by atoms with van der Waals surface area (Å²) in [6.45, 7) is 4.77. The Balaban J connectivity index is 1.92. The lowest BCUT2D eigenvalue weighted by molar-refractivity contribution is -0.141. The highest BCUT2D eigenvalue weighted by molar-refractivity contribution is 5.80. The van der Waals surface area contributed by atoms with Gasteiger partial charge in [-0.05, 0) is 31.2 Å². The number of phenols is 1. The van der Waals surface area contributed by atoms with Crippen molar-refractivity contribution in [2.45, 2.75) is 13.0 Å². The smallest absolute Gasteiger partial charge is 0.251 e. The first-order valence-corrected chi connectivity index (χ1v) is 6.47. The maximum atomic E-state index is 12.0. The molecule has 0 aromatic heterocycles. The van der Waals surface area contributed by atoms with Gasteiger partial charge in [0, 0.05) is 39.0 Å². The second-order valence-corrected chi connectivity index (χ2v) is 4.71. The highest BCUT2D eigenvalue weighted by Crippen LogP contribution is 2.20. The molecule has 0 bridgehead atoms. The first kappa shape index (κ1) is 13.7. The van der Waals surface area contributed by atoms with Crippen LogP contribution >= 0.6 is 0 Å². The van der Waals surface area contributed by atoms with Crippen molar-refractivity contribution in [1.82, 2.24) is 4.90 Å². The number of methoxy groups -OCH3 is 1. The van der Waals surface area contributed by atoms with Gasteiger partial charge in [-0.1, -0.05) is 0 Å². The molecule has 19 heavy (non-hydrogen) atoms. The lowest BCUT2D eigenvalue weighted by Gasteiger charge is -2.37. The Bertz CT molecular complexity index is 425. The van der Waals surface area contributed by atoms with E-state index >= 15 is 0 Å². The Morgan fingerprint density at radius 2 is 1.79 bits per heavy atom. The van der Waals surface area contributed by atoms with E-state index in [0.717, 1.165) is 18.8 Å². The quantitative estimate of drug-likeness (QED) is 0.887. The Morgan fingerprint density at radius 3 is 2.32 bits per heavy atom. The molecule has 1 aromatic carbocycles. The number of carbonyl (C=O) groups is 1. The fraction of sp³-hybridized carbons (Fsp3) is 0.500. The molecule has 104 valence electrons. The molecule has 0 radical (unpaired) electrons. The van der Waals surface area contributed by atoms with Crippen LogP contribution in [0, 0.1) is 0 Å². The van der Waals surface area contributed by atoms with Crippen LogP contribution in [-0.4, -0.2) is 55.3 Å². The topological polar surface area (TPSA) is 53.0 Å². The number of benzene rings is 1. The molecule has 0 spiro atoms. The molecule has 0 aliphatic carbocycles. The van der Waals surface area contributed by atoms with E-state index in [1.54, 1.807) is 26.2 Å². The SMILES string of the molecule is COC(C)C(=O)N1CCN(c2ccc(O)cc2)CC1. The van der Waals surface area contributed by atoms with Crippen LogP contribution in [0.5, 0.6) is 5.75 Å². The Morgan fingerprint density at radius 1 is 1.21 bits per heavy atom. The number of anilines is 1. The molecule has 1 aliphatic rings. The summed E-state index contributed by atoms with van der Waals surface area (Å²) in [5.41, 5.74) is 1.07. The molecule has 1 amide bonds. The van der Waals surface area contributed by atoms with Crippen molar-refractivity contribution in [2.24, 2.45) is 0 Å². The molecule has 1 N–H and O–H groups in total. The molecule has 0 saturated carbocycles. The van der Waals surface area contributed by atoms with Gasteiger partial charge in [0.15, 0.2) is 0 Å². The van der Waals surface area contributed by atoms with E-state index in [9.17, 15) is 9.90 Å². The van der Waals surface area contributed by atoms with Crippen molar-refractivity contribution in [3.05, 3.63) is 24.3 Å². The Hall–Kier alpha value is -1.75. The zero-order valence-electron chi connectivity index (χ0n) is 11.4. The molecule has 1 saturated heterocycles. The number of rotatable bonds is 3. The summed E-state index contributed by atoms with van der Waals surface area (Å²) < 4.78 is 5.06. The van der Waals surface area contributed by atoms with Gasteiger partial charge in [0.1, 0.15) is 11.9 Å². The minimum Gasteiger partial charge on any atom is -0.508 e. The first-order chi connectivity index (χ1) is 9.11. The molecular weight excluding hydrogens is 244 g/mol. The molecule has 1 unspecified atom stereocenters. The maximum absolute atomic E-state index is 12.0. The van der Waals surface area contributed by atoms with E-state index in [1.807, 2.05) is 17.0 Å². The first-order valence-electron chi connectivity index (χ1n) is 6.47. The van der Waals surface area contributed by atoms with Gasteiger partial charge in [-0.15, -0.1) is 0 Å². The van der Waals surface area contributed by atoms with Gasteiger partial charge in [0.25, 0.3) is 5.91 Å². The molecular formula is C14H20N2O3. The van der Waals surface area contributed by atoms with Gasteiger partial charge in [0.2, 0.25) is 0 Å². The van der Waals surface area contributed by atoms with Crippen molar-refractivity contribution >= 4 is 11.6 Å². The van der Waals surface area contributed by atoms with Gasteiger partial charge >= 0.3 is 0 Å². The number of carbonyl (C=O) groups excluding carboxylic acids is 1. The third kappa shape index (κ3) is 3.17. The van der Waals surface area contributed by atoms with E-state index in [-0.39, 0.29) is 17.8 Å². The molecule has 2 rings (SSSR count). The van der Waals surface area contributed by atoms with E-state index in [2.05, 4.69) is 4.90 Å². The summed E-state index contributed by atoms with van der Waals surface area (Å²) in [6.07, 6.45) is -0.375. The third-order valence-electron chi connectivity index (χ3n) is 3.51. The summed E-state index contributed by atoms with van der Waals surface area (Å²) in [6, 6.07) is 7.15. The summed E-state index contributed by atoms with van der Waals surface area (Å²) in [5, 5.41) is 9.27. The lowest BCUT2D eigenvalue weighted by atomic mass is 10.2. The van der Waals surface area contributed by atoms with E-state index in [4.69, 9.17) is 4.74 Å². The summed E-state index contributed by atoms with van der Waals surface area (Å²) in [7, 11) is 1.55. The number of nitrogens with zero attached hydrogens (tertiary/aromatic N) is 2. The van der Waals surface area contributed by atoms with Crippen molar-refractivity contribution in [3.63, 3.8) is 0 Å². The highest BCUT2D eigenvalue weighted by atomic mass is 16.5. The molecule has 1 fully saturated rings. The number of piperazine rings is 1. The van der Waals surface area contributed by atoms with Crippen LogP contribution in [0.4, 0.5) is 5.69 Å². The predicted octanol–water partition coefficient (Wildman–Crippen LogP) is 1.08. The second-order valence-electron chi connectivity index (χ2n) is 4.71. The van der Waals surface area contributed by atoms with Crippen LogP contribution in [0.1, 0.15) is 6.92 Å². The normalized spacial score (nSPS) is 17.4. The summed E-state index contributed by atoms with van der Waals surface area (Å²) in [4.78, 5) is 16.0. The number of phenolic OH excluding ortho intramolecular Hbond substituents is 1. The van der Waals surface area contributed by atoms with E-state index < -0.39 is 0 Å². The Labute approximate surface area is 113 Å². The zero-order chi connectivity index (χ0) is 13.8. The molecule has 1 atom stereocenters. The number of hydrogen-bond donors (Lipinski definition) is 1. The Kier molecular flexibility index (Phi) is 4.27. The fourth-order valence-corrected chi connectivity index (χ4v) is 2.21. The fourth-order valence-electron chi connectivity index (χ4n) is 2.21. The van der Waals surface area contributed by atoms with Gasteiger partial charge in [0.05, 0.1) is 0 Å². The monoisotopic (exact) mass is 264 g/mol. The van der Waals surface area contributed by atoms with Gasteiger partial charge in [-0.3, -0.25) is 4.79 Å². The number of aromatic hydroxyl groups is 1. The number of amides is 1. The van der Waals surface area contributed by atoms with Gasteiger partial charge < -0.3 is 19.6 Å². The minimum atomic E-state index is -0.375. The second kappa shape index (κ2) is 5.93. The van der Waals surface area contributed by atoms with Crippen molar-refractivity contribution in [3.8, 4) is 5.75 Å². The van der Waals surface area contributed by atoms with Crippen LogP contribution in [0.15, 0.2) is 24.3 Å². The van der Waals surface area contributed by atoms with Gasteiger partial charge in [-0.25, -0.2) is 0 Å². The minimum absolute atomic E-state index is 0.0489. The summed E-state index contributed by atoms with van der Waals surface area (Å²) >= 11 is 0. The average molecular weight is 264 g/mol. The van der Waals surface area contributed by atoms with Crippen LogP contribution in [0.3, 0.4) is 0 Å². The van der Waals surface area contributed by atoms with E-state index in [1.165, 1.54) is 0 Å². The molecule has 1 heterocycles. The van der Waals surface area contributed by atoms with Crippen LogP contribution in [0.2, 0.25) is 0 Å². The van der Waals surface area contributed by atoms with Crippen LogP contribution in [0.25, 0.3) is 0 Å². The largest absolute Gasteiger partial charge is 0.508 e. The highest BCUT2D eigenvalue weighted by Gasteiger charge is 2.24. The van der Waals surface area contributed by atoms with Gasteiger partial charge in [-0.2, -0.15) is 0 Å². The molecule has 5 nitrogen and oxygen atoms in total. The predicted molar refractivity (Wildman–Crippen MR) is 73.4 cm³/mol. The molecule has 1 aromatic rings. The number of ether oxygens (including phenoxy) is 1. The third-order valence-corrected chi connectivity index (χ3v) is 3.51. The van der Waals surface area contributed by atoms with Crippen molar-refractivity contribution in [2.75, 3.05) is 38.2 Å². The lowest BCUT2D eigenvalue weighted by Crippen LogP contribution is -2.51. The number of hydrogen-bond acceptors (Lipinski definition) is 4. The molecule has 1 aliphatic heterocycles. The average Bonchev–Trinajstić information content (AvgIpc) is 2.46. The standard InChI is InChI=1S/C14H20N2O3/c1-11(19-2)14(18)16-9-7-15(8-10-16)12-3-5-13(17)6-4-12/h3-6,11,17H,7-10H2,1-2H3. The van der Waals surface area contributed by atoms with Crippen LogP contribution < -0.4 is 4.90 Å². The zero-order valence-corrected chi connectivity index (χ0v) is 11.4. The van der Waals surface area contributed by atoms with Crippen molar-refractivity contribution < 1.29 is 14.6 Å². The van der Waals surface area contributed by atoms with Crippen molar-refractivity contribution in [1.29, 1.82) is 0 Å². The van der Waals surface area contributed by atoms with E-state index in [0.29, 0.717) is 13.1 Å². The molecule has 5 heteroatoms. The van der Waals surface area contributed by atoms with Crippen LogP contribution in [-0.2, 0) is 9.53 Å².